The molecule has 0 aromatic carbocycles. The molecule has 0 saturated carbocycles. The standard InChI is InChI=1S/C10H18N4OSe.C10H18N4O.C7H14OSe.C6H11IO.C3H7N3/c1-3-6-14-7-9(12-13-14)4-5-11-10(15)8-16-2;1-3-7-14-8-9(12-13-14)5-6-11-10(15)4-2;1-3-4-5-7(8)6-9-2;1-2-3-4-6(8)5-7;1-2-3-5-6-4/h7H,3-6,8H2,1-2H3,(H,11,15);8H,3-7H2,1-2H3,(H,11,15);3-6H2,1-2H3;2-5H2,1H3;2-3H2,1H3. The Morgan fingerprint density at radius 3 is 1.59 bits per heavy atom. The van der Waals surface area contributed by atoms with Gasteiger partial charge in [0.15, 0.2) is 0 Å². The molecule has 310 valence electrons. The van der Waals surface area contributed by atoms with Gasteiger partial charge in [0, 0.05) is 50.0 Å². The molecule has 54 heavy (non-hydrogen) atoms. The van der Waals surface area contributed by atoms with Crippen LogP contribution >= 0.6 is 22.6 Å². The van der Waals surface area contributed by atoms with Crippen LogP contribution in [0.1, 0.15) is 117 Å². The molecule has 0 aliphatic rings. The molecular weight excluding hydrogens is 935 g/mol. The Kier molecular flexibility index (Phi) is 45.0. The fraction of sp³-hybridized carbons (Fsp3) is 0.778. The second-order valence-corrected chi connectivity index (χ2v) is 16.1. The predicted octanol–water partition coefficient (Wildman–Crippen LogP) is 7.08. The van der Waals surface area contributed by atoms with Gasteiger partial charge in [-0.05, 0) is 18.4 Å². The van der Waals surface area contributed by atoms with Crippen molar-refractivity contribution in [1.29, 1.82) is 0 Å². The number of hydrogen-bond acceptors (Lipinski definition) is 9. The minimum absolute atomic E-state index is 0.0796. The van der Waals surface area contributed by atoms with Crippen molar-refractivity contribution in [2.24, 2.45) is 5.11 Å². The zero-order valence-corrected chi connectivity index (χ0v) is 39.7. The molecule has 15 nitrogen and oxygen atoms in total. The third-order valence-corrected chi connectivity index (χ3v) is 9.83. The summed E-state index contributed by atoms with van der Waals surface area (Å²) < 4.78 is 4.35. The Hall–Kier alpha value is -2.36. The zero-order valence-electron chi connectivity index (χ0n) is 34.1. The Labute approximate surface area is 350 Å². The molecule has 2 N–H and O–H groups in total. The van der Waals surface area contributed by atoms with E-state index >= 15 is 0 Å². The van der Waals surface area contributed by atoms with Gasteiger partial charge in [0.25, 0.3) is 0 Å². The van der Waals surface area contributed by atoms with E-state index in [9.17, 15) is 19.2 Å². The summed E-state index contributed by atoms with van der Waals surface area (Å²) in [6.07, 6.45) is 14.9. The maximum absolute atomic E-state index is 11.2. The van der Waals surface area contributed by atoms with E-state index in [2.05, 4.69) is 103 Å². The SMILES string of the molecule is CCCCC(=O)CI.CCCCC(=O)C[Se]C.CCCN=[N+]=[N-].CCCn1cc(CCNC(=O)CC)nn1.CCCn1cc(CCNC(=O)C[Se]C)nn1. The first-order valence-corrected chi connectivity index (χ1v) is 26.3. The van der Waals surface area contributed by atoms with Gasteiger partial charge in [0.2, 0.25) is 5.91 Å². The van der Waals surface area contributed by atoms with E-state index in [1.165, 1.54) is 0 Å². The summed E-state index contributed by atoms with van der Waals surface area (Å²) in [7, 11) is 0. The van der Waals surface area contributed by atoms with Gasteiger partial charge in [-0.15, -0.1) is 5.10 Å². The average molecular weight is 1000 g/mol. The first-order chi connectivity index (χ1) is 26.0. The van der Waals surface area contributed by atoms with Crippen LogP contribution in [-0.2, 0) is 45.1 Å². The monoisotopic (exact) mass is 1010 g/mol. The molecule has 2 rings (SSSR count). The number of aryl methyl sites for hydroxylation is 2. The number of amides is 2. The Bertz CT molecular complexity index is 1260. The summed E-state index contributed by atoms with van der Waals surface area (Å²) in [5.41, 5.74) is 9.53. The summed E-state index contributed by atoms with van der Waals surface area (Å²) in [6, 6.07) is 0. The number of Topliss-reactive ketones (excluding diaryl/α,β-unsaturated/α-hetero) is 2. The molecular formula is C36H68IN11O4Se2. The molecule has 2 aromatic heterocycles. The molecule has 2 amide bonds. The van der Waals surface area contributed by atoms with Gasteiger partial charge in [0.1, 0.15) is 5.78 Å². The van der Waals surface area contributed by atoms with Crippen LogP contribution in [0.25, 0.3) is 10.4 Å². The van der Waals surface area contributed by atoms with E-state index in [-0.39, 0.29) is 11.8 Å². The molecule has 0 saturated heterocycles. The van der Waals surface area contributed by atoms with Gasteiger partial charge in [-0.2, -0.15) is 0 Å². The van der Waals surface area contributed by atoms with Gasteiger partial charge < -0.3 is 5.32 Å². The summed E-state index contributed by atoms with van der Waals surface area (Å²) in [5, 5.41) is 26.5. The van der Waals surface area contributed by atoms with Crippen LogP contribution in [0, 0.1) is 0 Å². The number of carbonyl (C=O) groups is 4. The first kappa shape index (κ1) is 56.0. The third kappa shape index (κ3) is 39.3. The number of halogens is 1. The molecule has 0 atom stereocenters. The Morgan fingerprint density at radius 1 is 0.741 bits per heavy atom. The molecule has 0 spiro atoms. The van der Waals surface area contributed by atoms with Crippen molar-refractivity contribution in [2.75, 3.05) is 24.1 Å². The summed E-state index contributed by atoms with van der Waals surface area (Å²) >= 11 is 3.06. The minimum atomic E-state index is 0.0796. The Morgan fingerprint density at radius 2 is 1.22 bits per heavy atom. The number of hydrogen-bond donors (Lipinski definition) is 2. The molecule has 0 aliphatic heterocycles. The topological polar surface area (TPSA) is 203 Å². The van der Waals surface area contributed by atoms with Gasteiger partial charge >= 0.3 is 165 Å². The molecule has 0 unspecified atom stereocenters. The summed E-state index contributed by atoms with van der Waals surface area (Å²) in [6.45, 7) is 15.9. The summed E-state index contributed by atoms with van der Waals surface area (Å²) in [4.78, 5) is 46.1. The quantitative estimate of drug-likeness (QED) is 0.0277. The third-order valence-electron chi connectivity index (χ3n) is 6.54. The van der Waals surface area contributed by atoms with Crippen LogP contribution in [0.2, 0.25) is 22.3 Å². The number of rotatable bonds is 24. The predicted molar refractivity (Wildman–Crippen MR) is 229 cm³/mol. The number of nitrogens with one attached hydrogen (secondary N) is 2. The fourth-order valence-corrected chi connectivity index (χ4v) is 5.87. The maximum atomic E-state index is 11.2. The van der Waals surface area contributed by atoms with Gasteiger partial charge in [-0.3, -0.25) is 14.3 Å². The van der Waals surface area contributed by atoms with E-state index < -0.39 is 0 Å². The van der Waals surface area contributed by atoms with Crippen LogP contribution in [0.5, 0.6) is 0 Å². The molecule has 0 fully saturated rings. The van der Waals surface area contributed by atoms with Gasteiger partial charge in [-0.25, -0.2) is 0 Å². The molecule has 0 bridgehead atoms. The second kappa shape index (κ2) is 43.4. The van der Waals surface area contributed by atoms with Crippen molar-refractivity contribution in [3.8, 4) is 0 Å². The molecule has 0 radical (unpaired) electrons. The molecule has 0 aliphatic carbocycles. The Balaban J connectivity index is -0.000000632. The van der Waals surface area contributed by atoms with E-state index in [1.54, 1.807) is 0 Å². The number of aromatic nitrogens is 6. The normalized spacial score (nSPS) is 9.65. The fourth-order valence-electron chi connectivity index (χ4n) is 3.74. The zero-order chi connectivity index (χ0) is 41.2. The van der Waals surface area contributed by atoms with E-state index in [1.807, 2.05) is 35.6 Å². The van der Waals surface area contributed by atoms with Crippen molar-refractivity contribution < 1.29 is 19.2 Å². The average Bonchev–Trinajstić information content (AvgIpc) is 3.82. The molecule has 2 heterocycles. The summed E-state index contributed by atoms with van der Waals surface area (Å²) in [5.74, 6) is 5.23. The van der Waals surface area contributed by atoms with Crippen LogP contribution in [-0.4, -0.2) is 107 Å². The van der Waals surface area contributed by atoms with Crippen LogP contribution < -0.4 is 10.6 Å². The first-order valence-electron chi connectivity index (χ1n) is 18.9. The van der Waals surface area contributed by atoms with Crippen molar-refractivity contribution in [2.45, 2.75) is 154 Å². The number of unbranched alkanes of at least 4 members (excludes halogenated alkanes) is 2. The van der Waals surface area contributed by atoms with Gasteiger partial charge in [0.05, 0.1) is 10.1 Å². The van der Waals surface area contributed by atoms with Crippen LogP contribution in [0.4, 0.5) is 0 Å². The van der Waals surface area contributed by atoms with Gasteiger partial charge in [-0.1, -0.05) is 73.5 Å². The van der Waals surface area contributed by atoms with Crippen molar-refractivity contribution in [3.63, 3.8) is 0 Å². The number of alkyl halides is 1. The van der Waals surface area contributed by atoms with Crippen molar-refractivity contribution in [1.82, 2.24) is 40.6 Å². The molecule has 2 aromatic rings. The second-order valence-electron chi connectivity index (χ2n) is 11.7. The van der Waals surface area contributed by atoms with Crippen LogP contribution in [0.15, 0.2) is 17.5 Å². The van der Waals surface area contributed by atoms with E-state index in [0.717, 1.165) is 100 Å². The van der Waals surface area contributed by atoms with Crippen LogP contribution in [0.3, 0.4) is 0 Å². The van der Waals surface area contributed by atoms with Crippen molar-refractivity contribution >= 4 is 75.9 Å². The number of nitrogens with zero attached hydrogens (tertiary/aromatic N) is 9. The molecule has 18 heteroatoms. The number of carbonyl (C=O) groups excluding carboxylic acids is 4. The van der Waals surface area contributed by atoms with Crippen molar-refractivity contribution in [3.05, 3.63) is 34.2 Å². The number of azide groups is 1. The van der Waals surface area contributed by atoms with E-state index in [0.29, 0.717) is 77.3 Å². The number of ketones is 2. The van der Waals surface area contributed by atoms with E-state index in [4.69, 9.17) is 5.53 Å².